The van der Waals surface area contributed by atoms with Gasteiger partial charge in [0.05, 0.1) is 18.3 Å². The summed E-state index contributed by atoms with van der Waals surface area (Å²) in [5, 5.41) is 18.9. The normalized spacial score (nSPS) is 12.1. The molecule has 0 spiro atoms. The van der Waals surface area contributed by atoms with Crippen molar-refractivity contribution in [1.82, 2.24) is 25.7 Å². The molecule has 1 aromatic carbocycles. The number of aromatic amines is 1. The Kier molecular flexibility index (Phi) is 5.29. The maximum absolute atomic E-state index is 12.6. The number of H-pyrrole nitrogens is 1. The second kappa shape index (κ2) is 7.63. The van der Waals surface area contributed by atoms with Crippen molar-refractivity contribution in [2.24, 2.45) is 0 Å². The maximum Gasteiger partial charge on any atom is 0.251 e. The number of aryl methyl sites for hydroxylation is 1. The molecule has 0 unspecified atom stereocenters. The van der Waals surface area contributed by atoms with E-state index in [1.165, 1.54) is 11.3 Å². The predicted octanol–water partition coefficient (Wildman–Crippen LogP) is 2.46. The Morgan fingerprint density at radius 2 is 2.23 bits per heavy atom. The van der Waals surface area contributed by atoms with Crippen LogP contribution in [-0.4, -0.2) is 33.4 Å². The third-order valence-electron chi connectivity index (χ3n) is 3.89. The molecule has 8 nitrogen and oxygen atoms in total. The number of carbonyl (C=O) groups excluding carboxylic acids is 1. The molecule has 1 atom stereocenters. The minimum atomic E-state index is -0.277. The molecule has 0 aliphatic heterocycles. The Morgan fingerprint density at radius 3 is 2.92 bits per heavy atom. The van der Waals surface area contributed by atoms with Gasteiger partial charge in [0, 0.05) is 23.9 Å². The number of carbonyl (C=O) groups is 1. The molecule has 0 bridgehead atoms. The van der Waals surface area contributed by atoms with Gasteiger partial charge in [-0.15, -0.1) is 10.2 Å². The van der Waals surface area contributed by atoms with Crippen molar-refractivity contribution in [3.63, 3.8) is 0 Å². The van der Waals surface area contributed by atoms with Crippen molar-refractivity contribution < 1.29 is 9.53 Å². The first kappa shape index (κ1) is 18.0. The first-order valence-electron chi connectivity index (χ1n) is 8.02. The summed E-state index contributed by atoms with van der Waals surface area (Å²) < 4.78 is 5.20. The molecule has 0 radical (unpaired) electrons. The van der Waals surface area contributed by atoms with Crippen molar-refractivity contribution in [1.29, 1.82) is 0 Å². The fraction of sp³-hybridized carbons (Fsp3) is 0.294. The van der Waals surface area contributed by atoms with E-state index >= 15 is 0 Å². The molecular weight excluding hydrogens is 352 g/mol. The van der Waals surface area contributed by atoms with Crippen molar-refractivity contribution >= 4 is 22.4 Å². The summed E-state index contributed by atoms with van der Waals surface area (Å²) in [5.41, 5.74) is 9.74. The van der Waals surface area contributed by atoms with Crippen LogP contribution in [0, 0.1) is 6.92 Å². The number of nitrogens with one attached hydrogen (secondary N) is 2. The van der Waals surface area contributed by atoms with E-state index in [-0.39, 0.29) is 11.9 Å². The minimum Gasteiger partial charge on any atom is -0.378 e. The van der Waals surface area contributed by atoms with Gasteiger partial charge in [0.15, 0.2) is 0 Å². The molecule has 1 amide bonds. The molecule has 0 fully saturated rings. The number of ether oxygens (including phenoxy) is 1. The number of benzene rings is 1. The smallest absolute Gasteiger partial charge is 0.251 e. The van der Waals surface area contributed by atoms with E-state index in [1.54, 1.807) is 13.2 Å². The zero-order valence-electron chi connectivity index (χ0n) is 14.7. The second-order valence-corrected chi connectivity index (χ2v) is 6.90. The van der Waals surface area contributed by atoms with Crippen LogP contribution in [0.1, 0.15) is 39.7 Å². The number of nitrogen functional groups attached to an aromatic ring is 1. The van der Waals surface area contributed by atoms with Gasteiger partial charge >= 0.3 is 0 Å². The fourth-order valence-corrected chi connectivity index (χ4v) is 3.30. The Labute approximate surface area is 154 Å². The van der Waals surface area contributed by atoms with Gasteiger partial charge in [0.2, 0.25) is 5.13 Å². The zero-order chi connectivity index (χ0) is 18.7. The number of hydrogen-bond donors (Lipinski definition) is 3. The molecule has 3 rings (SSSR count). The summed E-state index contributed by atoms with van der Waals surface area (Å²) in [6.07, 6.45) is 0. The maximum atomic E-state index is 12.6. The number of nitrogens with zero attached hydrogens (tertiary/aromatic N) is 3. The highest BCUT2D eigenvalue weighted by Crippen LogP contribution is 2.27. The zero-order valence-corrected chi connectivity index (χ0v) is 15.6. The van der Waals surface area contributed by atoms with Crippen LogP contribution in [0.15, 0.2) is 24.3 Å². The van der Waals surface area contributed by atoms with Crippen LogP contribution < -0.4 is 11.1 Å². The third kappa shape index (κ3) is 3.73. The van der Waals surface area contributed by atoms with Crippen molar-refractivity contribution in [2.75, 3.05) is 12.8 Å². The molecule has 136 valence electrons. The lowest BCUT2D eigenvalue weighted by molar-refractivity contribution is 0.0939. The summed E-state index contributed by atoms with van der Waals surface area (Å²) in [6.45, 7) is 4.18. The van der Waals surface area contributed by atoms with Gasteiger partial charge in [0.25, 0.3) is 5.91 Å². The standard InChI is InChI=1S/C17H20N6O2S/c1-9-14(13(8-25-3)21-20-9)11-5-4-6-12(7-11)15(24)19-10(2)16-22-23-17(18)26-16/h4-7,10H,8H2,1-3H3,(H2,18,23)(H,19,24)(H,20,21)/t10-/m1/s1. The second-order valence-electron chi connectivity index (χ2n) is 5.86. The Bertz CT molecular complexity index is 920. The van der Waals surface area contributed by atoms with E-state index < -0.39 is 0 Å². The van der Waals surface area contributed by atoms with Gasteiger partial charge in [-0.1, -0.05) is 23.5 Å². The molecule has 0 saturated carbocycles. The van der Waals surface area contributed by atoms with Crippen molar-refractivity contribution in [3.8, 4) is 11.1 Å². The number of rotatable bonds is 6. The first-order valence-corrected chi connectivity index (χ1v) is 8.84. The average molecular weight is 372 g/mol. The molecule has 0 saturated heterocycles. The molecular formula is C17H20N6O2S. The summed E-state index contributed by atoms with van der Waals surface area (Å²) in [6, 6.07) is 7.13. The van der Waals surface area contributed by atoms with E-state index in [4.69, 9.17) is 10.5 Å². The highest BCUT2D eigenvalue weighted by atomic mass is 32.1. The number of methoxy groups -OCH3 is 1. The van der Waals surface area contributed by atoms with Gasteiger partial charge in [-0.05, 0) is 31.5 Å². The lowest BCUT2D eigenvalue weighted by Crippen LogP contribution is -2.26. The number of hydrogen-bond acceptors (Lipinski definition) is 7. The predicted molar refractivity (Wildman–Crippen MR) is 99.7 cm³/mol. The number of anilines is 1. The van der Waals surface area contributed by atoms with E-state index in [0.717, 1.165) is 22.5 Å². The summed E-state index contributed by atoms with van der Waals surface area (Å²) in [5.74, 6) is -0.192. The van der Waals surface area contributed by atoms with E-state index in [2.05, 4.69) is 25.7 Å². The van der Waals surface area contributed by atoms with Crippen LogP contribution in [0.2, 0.25) is 0 Å². The van der Waals surface area contributed by atoms with Crippen LogP contribution >= 0.6 is 11.3 Å². The highest BCUT2D eigenvalue weighted by molar-refractivity contribution is 7.15. The lowest BCUT2D eigenvalue weighted by Gasteiger charge is -2.12. The SMILES string of the molecule is COCc1n[nH]c(C)c1-c1cccc(C(=O)N[C@H](C)c2nnc(N)s2)c1. The van der Waals surface area contributed by atoms with Crippen molar-refractivity contribution in [2.45, 2.75) is 26.5 Å². The van der Waals surface area contributed by atoms with E-state index in [0.29, 0.717) is 22.3 Å². The van der Waals surface area contributed by atoms with Crippen LogP contribution in [0.3, 0.4) is 0 Å². The quantitative estimate of drug-likeness (QED) is 0.611. The topological polar surface area (TPSA) is 119 Å². The monoisotopic (exact) mass is 372 g/mol. The van der Waals surface area contributed by atoms with Crippen LogP contribution in [0.25, 0.3) is 11.1 Å². The molecule has 3 aromatic rings. The average Bonchev–Trinajstić information content (AvgIpc) is 3.21. The summed E-state index contributed by atoms with van der Waals surface area (Å²) in [7, 11) is 1.62. The summed E-state index contributed by atoms with van der Waals surface area (Å²) >= 11 is 1.26. The minimum absolute atomic E-state index is 0.192. The number of amides is 1. The Balaban J connectivity index is 1.83. The molecule has 4 N–H and O–H groups in total. The largest absolute Gasteiger partial charge is 0.378 e. The van der Waals surface area contributed by atoms with Gasteiger partial charge in [0.1, 0.15) is 5.01 Å². The van der Waals surface area contributed by atoms with Gasteiger partial charge in [-0.2, -0.15) is 5.10 Å². The van der Waals surface area contributed by atoms with Crippen LogP contribution in [0.4, 0.5) is 5.13 Å². The van der Waals surface area contributed by atoms with Gasteiger partial charge < -0.3 is 15.8 Å². The highest BCUT2D eigenvalue weighted by Gasteiger charge is 2.17. The van der Waals surface area contributed by atoms with Gasteiger partial charge in [-0.25, -0.2) is 0 Å². The molecule has 2 heterocycles. The van der Waals surface area contributed by atoms with Crippen LogP contribution in [-0.2, 0) is 11.3 Å². The number of aromatic nitrogens is 4. The van der Waals surface area contributed by atoms with Crippen LogP contribution in [0.5, 0.6) is 0 Å². The van der Waals surface area contributed by atoms with E-state index in [9.17, 15) is 4.79 Å². The lowest BCUT2D eigenvalue weighted by atomic mass is 10.0. The van der Waals surface area contributed by atoms with E-state index in [1.807, 2.05) is 32.0 Å². The molecule has 0 aliphatic carbocycles. The van der Waals surface area contributed by atoms with Gasteiger partial charge in [-0.3, -0.25) is 9.89 Å². The Hall–Kier alpha value is -2.78. The van der Waals surface area contributed by atoms with Crippen molar-refractivity contribution in [3.05, 3.63) is 46.2 Å². The molecule has 2 aromatic heterocycles. The molecule has 0 aliphatic rings. The third-order valence-corrected chi connectivity index (χ3v) is 4.83. The summed E-state index contributed by atoms with van der Waals surface area (Å²) in [4.78, 5) is 12.6. The number of nitrogens with two attached hydrogens (primary N) is 1. The molecule has 26 heavy (non-hydrogen) atoms. The molecule has 9 heteroatoms. The first-order chi connectivity index (χ1) is 12.5. The fourth-order valence-electron chi connectivity index (χ4n) is 2.68. The Morgan fingerprint density at radius 1 is 1.42 bits per heavy atom.